The summed E-state index contributed by atoms with van der Waals surface area (Å²) < 4.78 is 11.5. The molecule has 0 fully saturated rings. The summed E-state index contributed by atoms with van der Waals surface area (Å²) in [5, 5.41) is 4.54. The van der Waals surface area contributed by atoms with Crippen LogP contribution in [0.1, 0.15) is 17.4 Å². The Morgan fingerprint density at radius 1 is 1.24 bits per heavy atom. The molecule has 4 rings (SSSR count). The van der Waals surface area contributed by atoms with E-state index in [4.69, 9.17) is 20.9 Å². The fourth-order valence-corrected chi connectivity index (χ4v) is 3.70. The summed E-state index contributed by atoms with van der Waals surface area (Å²) in [5.74, 6) is 1.13. The number of carbonyl (C=O) groups is 1. The van der Waals surface area contributed by atoms with Crippen molar-refractivity contribution in [3.05, 3.63) is 65.3 Å². The zero-order valence-corrected chi connectivity index (χ0v) is 17.1. The van der Waals surface area contributed by atoms with E-state index in [0.717, 1.165) is 30.1 Å². The zero-order valence-electron chi connectivity index (χ0n) is 16.3. The monoisotopic (exact) mass is 411 g/mol. The van der Waals surface area contributed by atoms with Crippen LogP contribution in [-0.2, 0) is 0 Å². The number of carbonyl (C=O) groups excluding carboxylic acids is 1. The van der Waals surface area contributed by atoms with E-state index in [0.29, 0.717) is 17.3 Å². The summed E-state index contributed by atoms with van der Waals surface area (Å²) in [6.45, 7) is 4.16. The van der Waals surface area contributed by atoms with E-state index in [-0.39, 0.29) is 17.7 Å². The van der Waals surface area contributed by atoms with Gasteiger partial charge in [0.25, 0.3) is 5.91 Å². The molecule has 2 heterocycles. The lowest BCUT2D eigenvalue weighted by Gasteiger charge is -2.37. The molecule has 7 heteroatoms. The number of fused-ring (bicyclic) bond motifs is 1. The second-order valence-electron chi connectivity index (χ2n) is 7.02. The van der Waals surface area contributed by atoms with Crippen molar-refractivity contribution in [1.29, 1.82) is 0 Å². The van der Waals surface area contributed by atoms with E-state index >= 15 is 0 Å². The summed E-state index contributed by atoms with van der Waals surface area (Å²) in [5.41, 5.74) is 2.12. The van der Waals surface area contributed by atoms with Crippen molar-refractivity contribution in [2.45, 2.75) is 13.0 Å². The number of hydrogen-bond acceptors (Lipinski definition) is 5. The van der Waals surface area contributed by atoms with Gasteiger partial charge in [0.15, 0.2) is 11.5 Å². The summed E-state index contributed by atoms with van der Waals surface area (Å²) in [6.07, 6.45) is -0.127. The number of ether oxygens (including phenoxy) is 1. The van der Waals surface area contributed by atoms with E-state index in [1.54, 1.807) is 30.1 Å². The number of para-hydroxylation sites is 2. The van der Waals surface area contributed by atoms with Gasteiger partial charge >= 0.3 is 0 Å². The molecule has 1 amide bonds. The van der Waals surface area contributed by atoms with Gasteiger partial charge in [0.05, 0.1) is 18.8 Å². The number of aromatic nitrogens is 1. The third-order valence-corrected chi connectivity index (χ3v) is 5.20. The largest absolute Gasteiger partial charge is 0.485 e. The van der Waals surface area contributed by atoms with Crippen LogP contribution < -0.4 is 9.64 Å². The molecule has 0 bridgehead atoms. The van der Waals surface area contributed by atoms with Crippen LogP contribution in [0.2, 0.25) is 5.02 Å². The highest BCUT2D eigenvalue weighted by Gasteiger charge is 2.28. The molecule has 6 nitrogen and oxygen atoms in total. The van der Waals surface area contributed by atoms with Gasteiger partial charge in [-0.25, -0.2) is 0 Å². The summed E-state index contributed by atoms with van der Waals surface area (Å²) in [7, 11) is 1.75. The molecule has 1 aromatic heterocycles. The van der Waals surface area contributed by atoms with Crippen LogP contribution in [0.15, 0.2) is 59.1 Å². The van der Waals surface area contributed by atoms with Gasteiger partial charge in [0.2, 0.25) is 0 Å². The number of amides is 1. The third kappa shape index (κ3) is 4.07. The second-order valence-corrected chi connectivity index (χ2v) is 7.46. The molecule has 1 atom stereocenters. The summed E-state index contributed by atoms with van der Waals surface area (Å²) in [4.78, 5) is 16.7. The van der Waals surface area contributed by atoms with E-state index in [1.165, 1.54) is 0 Å². The van der Waals surface area contributed by atoms with Crippen molar-refractivity contribution in [2.24, 2.45) is 0 Å². The molecular weight excluding hydrogens is 390 g/mol. The lowest BCUT2D eigenvalue weighted by atomic mass is 10.1. The van der Waals surface area contributed by atoms with Crippen LogP contribution in [-0.4, -0.2) is 48.7 Å². The molecule has 0 unspecified atom stereocenters. The molecule has 0 radical (unpaired) electrons. The van der Waals surface area contributed by atoms with Crippen LogP contribution in [0.5, 0.6) is 5.75 Å². The average Bonchev–Trinajstić information content (AvgIpc) is 3.23. The highest BCUT2D eigenvalue weighted by molar-refractivity contribution is 6.30. The second kappa shape index (κ2) is 8.17. The molecule has 0 aliphatic carbocycles. The van der Waals surface area contributed by atoms with Gasteiger partial charge in [-0.1, -0.05) is 41.0 Å². The van der Waals surface area contributed by atoms with Gasteiger partial charge in [-0.3, -0.25) is 4.79 Å². The first-order chi connectivity index (χ1) is 14.0. The predicted molar refractivity (Wildman–Crippen MR) is 113 cm³/mol. The summed E-state index contributed by atoms with van der Waals surface area (Å²) >= 11 is 6.03. The lowest BCUT2D eigenvalue weighted by molar-refractivity contribution is 0.0700. The SMILES string of the molecule is CCN1C[C@H](CN(C)C(=O)c2cc(-c3cccc(Cl)c3)on2)Oc2ccccc21. The Balaban J connectivity index is 1.45. The van der Waals surface area contributed by atoms with Gasteiger partial charge in [-0.05, 0) is 31.2 Å². The number of hydrogen-bond donors (Lipinski definition) is 0. The molecule has 150 valence electrons. The molecule has 0 saturated carbocycles. The Hall–Kier alpha value is -2.99. The number of nitrogens with zero attached hydrogens (tertiary/aromatic N) is 3. The molecule has 2 aromatic carbocycles. The Bertz CT molecular complexity index is 1020. The quantitative estimate of drug-likeness (QED) is 0.624. The molecule has 0 spiro atoms. The fraction of sp³-hybridized carbons (Fsp3) is 0.273. The van der Waals surface area contributed by atoms with Crippen molar-refractivity contribution < 1.29 is 14.1 Å². The molecular formula is C22H22ClN3O3. The molecule has 1 aliphatic rings. The van der Waals surface area contributed by atoms with Crippen LogP contribution in [0.4, 0.5) is 5.69 Å². The van der Waals surface area contributed by atoms with Crippen molar-refractivity contribution in [2.75, 3.05) is 31.6 Å². The fourth-order valence-electron chi connectivity index (χ4n) is 3.51. The van der Waals surface area contributed by atoms with Gasteiger partial charge in [0, 0.05) is 30.2 Å². The maximum Gasteiger partial charge on any atom is 0.275 e. The van der Waals surface area contributed by atoms with Gasteiger partial charge < -0.3 is 19.1 Å². The molecule has 3 aromatic rings. The minimum absolute atomic E-state index is 0.127. The van der Waals surface area contributed by atoms with Crippen LogP contribution in [0.3, 0.4) is 0 Å². The third-order valence-electron chi connectivity index (χ3n) is 4.97. The Morgan fingerprint density at radius 3 is 2.86 bits per heavy atom. The summed E-state index contributed by atoms with van der Waals surface area (Å²) in [6, 6.07) is 16.8. The zero-order chi connectivity index (χ0) is 20.4. The first-order valence-electron chi connectivity index (χ1n) is 9.54. The average molecular weight is 412 g/mol. The van der Waals surface area contributed by atoms with Crippen LogP contribution >= 0.6 is 11.6 Å². The molecule has 0 saturated heterocycles. The van der Waals surface area contributed by atoms with E-state index in [2.05, 4.69) is 23.0 Å². The number of likely N-dealkylation sites (N-methyl/N-ethyl adjacent to an activating group) is 2. The van der Waals surface area contributed by atoms with Crippen LogP contribution in [0, 0.1) is 0 Å². The van der Waals surface area contributed by atoms with Crippen molar-refractivity contribution in [3.8, 4) is 17.1 Å². The van der Waals surface area contributed by atoms with E-state index in [1.807, 2.05) is 30.3 Å². The normalized spacial score (nSPS) is 15.6. The Labute approximate surface area is 174 Å². The molecule has 29 heavy (non-hydrogen) atoms. The van der Waals surface area contributed by atoms with E-state index < -0.39 is 0 Å². The number of anilines is 1. The highest BCUT2D eigenvalue weighted by Crippen LogP contribution is 2.33. The van der Waals surface area contributed by atoms with E-state index in [9.17, 15) is 4.79 Å². The number of halogens is 1. The minimum Gasteiger partial charge on any atom is -0.485 e. The van der Waals surface area contributed by atoms with Gasteiger partial charge in [-0.15, -0.1) is 0 Å². The molecule has 0 N–H and O–H groups in total. The maximum absolute atomic E-state index is 12.8. The minimum atomic E-state index is -0.215. The lowest BCUT2D eigenvalue weighted by Crippen LogP contribution is -2.46. The topological polar surface area (TPSA) is 58.8 Å². The van der Waals surface area contributed by atoms with Crippen molar-refractivity contribution in [3.63, 3.8) is 0 Å². The molecule has 1 aliphatic heterocycles. The number of rotatable bonds is 5. The van der Waals surface area contributed by atoms with Crippen LogP contribution in [0.25, 0.3) is 11.3 Å². The predicted octanol–water partition coefficient (Wildman–Crippen LogP) is 4.35. The van der Waals surface area contributed by atoms with Gasteiger partial charge in [-0.2, -0.15) is 0 Å². The Kier molecular flexibility index (Phi) is 5.45. The first kappa shape index (κ1) is 19.3. The smallest absolute Gasteiger partial charge is 0.275 e. The van der Waals surface area contributed by atoms with Crippen molar-refractivity contribution >= 4 is 23.2 Å². The van der Waals surface area contributed by atoms with Crippen molar-refractivity contribution in [1.82, 2.24) is 10.1 Å². The van der Waals surface area contributed by atoms with Gasteiger partial charge in [0.1, 0.15) is 11.9 Å². The Morgan fingerprint density at radius 2 is 2.07 bits per heavy atom. The maximum atomic E-state index is 12.8. The number of benzene rings is 2. The highest BCUT2D eigenvalue weighted by atomic mass is 35.5. The first-order valence-corrected chi connectivity index (χ1v) is 9.91. The standard InChI is InChI=1S/C22H22ClN3O3/c1-3-26-14-17(28-20-10-5-4-9-19(20)26)13-25(2)22(27)18-12-21(29-24-18)15-7-6-8-16(23)11-15/h4-12,17H,3,13-14H2,1-2H3/t17-/m0/s1.